The molecule has 2 N–H and O–H groups in total. The van der Waals surface area contributed by atoms with Crippen molar-refractivity contribution < 1.29 is 19.4 Å². The average molecular weight is 466 g/mol. The summed E-state index contributed by atoms with van der Waals surface area (Å²) >= 11 is 7.68. The Morgan fingerprint density at radius 1 is 1.09 bits per heavy atom. The van der Waals surface area contributed by atoms with Crippen molar-refractivity contribution in [1.82, 2.24) is 0 Å². The van der Waals surface area contributed by atoms with Gasteiger partial charge in [-0.05, 0) is 42.0 Å². The summed E-state index contributed by atoms with van der Waals surface area (Å²) in [5.41, 5.74) is 3.45. The van der Waals surface area contributed by atoms with E-state index in [0.29, 0.717) is 11.3 Å². The second-order valence-electron chi connectivity index (χ2n) is 7.36. The third-order valence-electron chi connectivity index (χ3n) is 5.17. The SMILES string of the molecule is COc1cc(NC(=O)c2sc3ccccc3c2Cc2ccc(C)cc2)c(Cl)cc1C(=O)O. The maximum Gasteiger partial charge on any atom is 0.339 e. The number of aromatic carboxylic acids is 1. The molecule has 7 heteroatoms. The average Bonchev–Trinajstić information content (AvgIpc) is 3.15. The van der Waals surface area contributed by atoms with Gasteiger partial charge in [0.15, 0.2) is 0 Å². The highest BCUT2D eigenvalue weighted by Crippen LogP contribution is 2.35. The van der Waals surface area contributed by atoms with Crippen LogP contribution in [0.25, 0.3) is 10.1 Å². The van der Waals surface area contributed by atoms with Gasteiger partial charge in [-0.2, -0.15) is 0 Å². The monoisotopic (exact) mass is 465 g/mol. The van der Waals surface area contributed by atoms with Gasteiger partial charge in [-0.3, -0.25) is 4.79 Å². The van der Waals surface area contributed by atoms with Crippen LogP contribution in [-0.2, 0) is 6.42 Å². The van der Waals surface area contributed by atoms with Crippen molar-refractivity contribution in [2.24, 2.45) is 0 Å². The molecule has 3 aromatic carbocycles. The minimum absolute atomic E-state index is 0.0718. The fourth-order valence-corrected chi connectivity index (χ4v) is 4.86. The first-order chi connectivity index (χ1) is 15.4. The molecule has 0 spiro atoms. The van der Waals surface area contributed by atoms with Crippen LogP contribution in [0.2, 0.25) is 5.02 Å². The third-order valence-corrected chi connectivity index (χ3v) is 6.70. The molecule has 1 heterocycles. The minimum Gasteiger partial charge on any atom is -0.496 e. The predicted octanol–water partition coefficient (Wildman–Crippen LogP) is 6.41. The number of carbonyl (C=O) groups excluding carboxylic acids is 1. The number of hydrogen-bond donors (Lipinski definition) is 2. The Bertz CT molecular complexity index is 1330. The Kier molecular flexibility index (Phi) is 6.17. The van der Waals surface area contributed by atoms with Gasteiger partial charge in [-0.1, -0.05) is 59.6 Å². The first kappa shape index (κ1) is 21.9. The normalized spacial score (nSPS) is 10.8. The number of benzene rings is 3. The highest BCUT2D eigenvalue weighted by atomic mass is 35.5. The number of rotatable bonds is 6. The van der Waals surface area contributed by atoms with E-state index in [0.717, 1.165) is 21.2 Å². The molecule has 0 aliphatic rings. The van der Waals surface area contributed by atoms with Crippen LogP contribution in [0.1, 0.15) is 36.7 Å². The molecular formula is C25H20ClNO4S. The van der Waals surface area contributed by atoms with Gasteiger partial charge in [0.25, 0.3) is 5.91 Å². The number of carboxylic acid groups (broad SMARTS) is 1. The number of halogens is 1. The molecule has 32 heavy (non-hydrogen) atoms. The van der Waals surface area contributed by atoms with Gasteiger partial charge in [-0.15, -0.1) is 11.3 Å². The summed E-state index contributed by atoms with van der Waals surface area (Å²) in [6, 6.07) is 18.9. The number of thiophene rings is 1. The van der Waals surface area contributed by atoms with Crippen molar-refractivity contribution in [3.05, 3.63) is 92.8 Å². The quantitative estimate of drug-likeness (QED) is 0.345. The lowest BCUT2D eigenvalue weighted by Crippen LogP contribution is -2.13. The molecule has 0 bridgehead atoms. The molecule has 4 rings (SSSR count). The highest BCUT2D eigenvalue weighted by molar-refractivity contribution is 7.21. The van der Waals surface area contributed by atoms with Crippen LogP contribution in [-0.4, -0.2) is 24.1 Å². The van der Waals surface area contributed by atoms with Crippen LogP contribution in [0, 0.1) is 6.92 Å². The van der Waals surface area contributed by atoms with E-state index in [4.69, 9.17) is 16.3 Å². The molecule has 0 atom stereocenters. The number of carbonyl (C=O) groups is 2. The Hall–Kier alpha value is -3.35. The van der Waals surface area contributed by atoms with E-state index in [1.54, 1.807) is 0 Å². The van der Waals surface area contributed by atoms with E-state index >= 15 is 0 Å². The van der Waals surface area contributed by atoms with Crippen molar-refractivity contribution in [3.63, 3.8) is 0 Å². The molecule has 0 fully saturated rings. The van der Waals surface area contributed by atoms with Crippen LogP contribution >= 0.6 is 22.9 Å². The smallest absolute Gasteiger partial charge is 0.339 e. The van der Waals surface area contributed by atoms with E-state index in [1.807, 2.05) is 31.2 Å². The van der Waals surface area contributed by atoms with E-state index in [2.05, 4.69) is 29.6 Å². The molecule has 0 aliphatic carbocycles. The molecule has 5 nitrogen and oxygen atoms in total. The standard InChI is InChI=1S/C25H20ClNO4S/c1-14-7-9-15(10-8-14)11-17-16-5-3-4-6-22(16)32-23(17)24(28)27-20-13-21(31-2)18(25(29)30)12-19(20)26/h3-10,12-13H,11H2,1-2H3,(H,27,28)(H,29,30). The summed E-state index contributed by atoms with van der Waals surface area (Å²) in [5.74, 6) is -1.35. The summed E-state index contributed by atoms with van der Waals surface area (Å²) < 4.78 is 6.18. The Morgan fingerprint density at radius 3 is 2.50 bits per heavy atom. The van der Waals surface area contributed by atoms with Crippen LogP contribution in [0.4, 0.5) is 5.69 Å². The van der Waals surface area contributed by atoms with E-state index < -0.39 is 5.97 Å². The lowest BCUT2D eigenvalue weighted by atomic mass is 10.0. The fraction of sp³-hybridized carbons (Fsp3) is 0.120. The first-order valence-electron chi connectivity index (χ1n) is 9.85. The third kappa shape index (κ3) is 4.33. The van der Waals surface area contributed by atoms with Gasteiger partial charge in [-0.25, -0.2) is 4.79 Å². The zero-order chi connectivity index (χ0) is 22.8. The largest absolute Gasteiger partial charge is 0.496 e. The zero-order valence-electron chi connectivity index (χ0n) is 17.4. The molecule has 0 saturated heterocycles. The van der Waals surface area contributed by atoms with E-state index in [-0.39, 0.29) is 27.9 Å². The first-order valence-corrected chi connectivity index (χ1v) is 11.0. The van der Waals surface area contributed by atoms with Crippen molar-refractivity contribution in [1.29, 1.82) is 0 Å². The molecule has 0 saturated carbocycles. The summed E-state index contributed by atoms with van der Waals surface area (Å²) in [4.78, 5) is 25.3. The van der Waals surface area contributed by atoms with E-state index in [1.165, 1.54) is 36.1 Å². The number of aryl methyl sites for hydroxylation is 1. The van der Waals surface area contributed by atoms with Gasteiger partial charge < -0.3 is 15.2 Å². The molecule has 1 aromatic heterocycles. The Labute approximate surface area is 194 Å². The second-order valence-corrected chi connectivity index (χ2v) is 8.82. The van der Waals surface area contributed by atoms with Gasteiger partial charge in [0.1, 0.15) is 11.3 Å². The Morgan fingerprint density at radius 2 is 1.81 bits per heavy atom. The fourth-order valence-electron chi connectivity index (χ4n) is 3.53. The van der Waals surface area contributed by atoms with Gasteiger partial charge >= 0.3 is 5.97 Å². The molecular weight excluding hydrogens is 446 g/mol. The van der Waals surface area contributed by atoms with E-state index in [9.17, 15) is 14.7 Å². The van der Waals surface area contributed by atoms with Crippen LogP contribution < -0.4 is 10.1 Å². The lowest BCUT2D eigenvalue weighted by Gasteiger charge is -2.12. The van der Waals surface area contributed by atoms with Gasteiger partial charge in [0.05, 0.1) is 22.7 Å². The maximum atomic E-state index is 13.3. The second kappa shape index (κ2) is 9.02. The van der Waals surface area contributed by atoms with Gasteiger partial charge in [0.2, 0.25) is 0 Å². The van der Waals surface area contributed by atoms with Crippen molar-refractivity contribution in [3.8, 4) is 5.75 Å². The number of amides is 1. The summed E-state index contributed by atoms with van der Waals surface area (Å²) in [5, 5.41) is 13.3. The number of hydrogen-bond acceptors (Lipinski definition) is 4. The van der Waals surface area contributed by atoms with Crippen molar-refractivity contribution >= 4 is 50.6 Å². The predicted molar refractivity (Wildman–Crippen MR) is 129 cm³/mol. The zero-order valence-corrected chi connectivity index (χ0v) is 19.0. The van der Waals surface area contributed by atoms with Crippen LogP contribution in [0.5, 0.6) is 5.75 Å². The molecule has 0 aliphatic heterocycles. The van der Waals surface area contributed by atoms with Crippen molar-refractivity contribution in [2.45, 2.75) is 13.3 Å². The maximum absolute atomic E-state index is 13.3. The minimum atomic E-state index is -1.16. The number of carboxylic acids is 1. The molecule has 4 aromatic rings. The number of anilines is 1. The van der Waals surface area contributed by atoms with Crippen LogP contribution in [0.15, 0.2) is 60.7 Å². The lowest BCUT2D eigenvalue weighted by molar-refractivity contribution is 0.0693. The Balaban J connectivity index is 1.73. The summed E-state index contributed by atoms with van der Waals surface area (Å²) in [6.07, 6.45) is 0.613. The topological polar surface area (TPSA) is 75.6 Å². The van der Waals surface area contributed by atoms with Crippen molar-refractivity contribution in [2.75, 3.05) is 12.4 Å². The number of methoxy groups -OCH3 is 1. The summed E-state index contributed by atoms with van der Waals surface area (Å²) in [6.45, 7) is 2.04. The molecule has 1 amide bonds. The molecule has 162 valence electrons. The summed E-state index contributed by atoms with van der Waals surface area (Å²) in [7, 11) is 1.37. The van der Waals surface area contributed by atoms with Gasteiger partial charge in [0, 0.05) is 10.8 Å². The van der Waals surface area contributed by atoms with Crippen LogP contribution in [0.3, 0.4) is 0 Å². The molecule has 0 radical (unpaired) electrons. The highest BCUT2D eigenvalue weighted by Gasteiger charge is 2.21. The molecule has 0 unspecified atom stereocenters. The number of nitrogens with one attached hydrogen (secondary N) is 1. The number of fused-ring (bicyclic) bond motifs is 1. The number of ether oxygens (including phenoxy) is 1.